The minimum absolute atomic E-state index is 0.0971. The molecule has 0 heterocycles. The molecule has 0 bridgehead atoms. The van der Waals surface area contributed by atoms with Crippen LogP contribution < -0.4 is 0 Å². The van der Waals surface area contributed by atoms with Crippen LogP contribution in [0.4, 0.5) is 0 Å². The van der Waals surface area contributed by atoms with E-state index in [1.54, 1.807) is 0 Å². The SMILES string of the molecule is CCCC=CCC=CCCCCCCCC(=O)OC[C@H](COP(=O)(O)OC1C(O)C(O)C(O)[C@@H](O)C1O)OC(=O)CCCCCCCCCCCCCCC. The van der Waals surface area contributed by atoms with E-state index >= 15 is 0 Å². The van der Waals surface area contributed by atoms with Crippen LogP contribution in [0.2, 0.25) is 0 Å². The molecule has 0 aromatic heterocycles. The van der Waals surface area contributed by atoms with Crippen LogP contribution in [-0.2, 0) is 32.7 Å². The molecule has 0 amide bonds. The number of carbonyl (C=O) groups excluding carboxylic acids is 2. The first-order valence-electron chi connectivity index (χ1n) is 21.1. The second kappa shape index (κ2) is 32.3. The number of unbranched alkanes of at least 4 members (excludes halogenated alkanes) is 18. The number of phosphoric acid groups is 1. The number of hydrogen-bond acceptors (Lipinski definition) is 12. The molecule has 6 unspecified atom stereocenters. The molecule has 1 aliphatic carbocycles. The van der Waals surface area contributed by atoms with E-state index in [0.29, 0.717) is 12.8 Å². The average Bonchev–Trinajstić information content (AvgIpc) is 3.16. The van der Waals surface area contributed by atoms with Gasteiger partial charge in [-0.25, -0.2) is 4.57 Å². The van der Waals surface area contributed by atoms with Crippen molar-refractivity contribution in [3.8, 4) is 0 Å². The smallest absolute Gasteiger partial charge is 0.462 e. The van der Waals surface area contributed by atoms with Crippen molar-refractivity contribution >= 4 is 19.8 Å². The van der Waals surface area contributed by atoms with Crippen molar-refractivity contribution in [2.45, 2.75) is 211 Å². The topological polar surface area (TPSA) is 210 Å². The lowest BCUT2D eigenvalue weighted by Crippen LogP contribution is -2.64. The molecule has 8 atom stereocenters. The number of esters is 2. The van der Waals surface area contributed by atoms with Gasteiger partial charge in [0.05, 0.1) is 6.61 Å². The van der Waals surface area contributed by atoms with E-state index in [1.807, 2.05) is 0 Å². The predicted octanol–water partition coefficient (Wildman–Crippen LogP) is 7.28. The molecule has 0 radical (unpaired) electrons. The van der Waals surface area contributed by atoms with Crippen molar-refractivity contribution in [2.24, 2.45) is 0 Å². The molecule has 0 aromatic carbocycles. The third-order valence-electron chi connectivity index (χ3n) is 9.78. The fourth-order valence-electron chi connectivity index (χ4n) is 6.32. The molecule has 13 nitrogen and oxygen atoms in total. The largest absolute Gasteiger partial charge is 0.472 e. The molecule has 0 aliphatic heterocycles. The molecule has 1 rings (SSSR count). The zero-order valence-electron chi connectivity index (χ0n) is 33.7. The Labute approximate surface area is 330 Å². The van der Waals surface area contributed by atoms with Crippen molar-refractivity contribution in [1.29, 1.82) is 0 Å². The van der Waals surface area contributed by atoms with E-state index in [9.17, 15) is 44.6 Å². The molecule has 1 aliphatic rings. The number of allylic oxidation sites excluding steroid dienone is 4. The molecule has 1 fully saturated rings. The van der Waals surface area contributed by atoms with Gasteiger partial charge in [-0.05, 0) is 38.5 Å². The van der Waals surface area contributed by atoms with Crippen molar-refractivity contribution in [3.05, 3.63) is 24.3 Å². The third kappa shape index (κ3) is 25.3. The summed E-state index contributed by atoms with van der Waals surface area (Å²) in [7, 11) is -5.11. The summed E-state index contributed by atoms with van der Waals surface area (Å²) in [6.07, 6.45) is 19.6. The lowest BCUT2D eigenvalue weighted by Gasteiger charge is -2.41. The Morgan fingerprint density at radius 3 is 1.55 bits per heavy atom. The highest BCUT2D eigenvalue weighted by Gasteiger charge is 2.51. The van der Waals surface area contributed by atoms with E-state index in [1.165, 1.54) is 51.4 Å². The molecule has 0 spiro atoms. The fourth-order valence-corrected chi connectivity index (χ4v) is 7.30. The van der Waals surface area contributed by atoms with Crippen LogP contribution in [0.15, 0.2) is 24.3 Å². The quantitative estimate of drug-likeness (QED) is 0.0164. The minimum Gasteiger partial charge on any atom is -0.462 e. The van der Waals surface area contributed by atoms with Crippen molar-refractivity contribution in [3.63, 3.8) is 0 Å². The van der Waals surface area contributed by atoms with Crippen molar-refractivity contribution < 1.29 is 63.1 Å². The summed E-state index contributed by atoms with van der Waals surface area (Å²) in [6.45, 7) is 3.20. The molecule has 322 valence electrons. The lowest BCUT2D eigenvalue weighted by atomic mass is 9.85. The Balaban J connectivity index is 2.51. The van der Waals surface area contributed by atoms with E-state index in [0.717, 1.165) is 77.0 Å². The second-order valence-corrected chi connectivity index (χ2v) is 16.3. The summed E-state index contributed by atoms with van der Waals surface area (Å²) in [5.41, 5.74) is 0. The molecular weight excluding hydrogens is 731 g/mol. The third-order valence-corrected chi connectivity index (χ3v) is 10.8. The second-order valence-electron chi connectivity index (χ2n) is 14.8. The van der Waals surface area contributed by atoms with E-state index in [4.69, 9.17) is 18.5 Å². The Morgan fingerprint density at radius 1 is 0.564 bits per heavy atom. The van der Waals surface area contributed by atoms with Gasteiger partial charge < -0.3 is 39.9 Å². The Hall–Kier alpha value is -1.67. The van der Waals surface area contributed by atoms with Gasteiger partial charge in [0.15, 0.2) is 6.10 Å². The van der Waals surface area contributed by atoms with Gasteiger partial charge in [-0.15, -0.1) is 0 Å². The Bertz CT molecular complexity index is 1070. The standard InChI is InChI=1S/C41H75O13P/c1-3-5-7-9-11-13-15-17-19-21-23-25-27-29-34(42)51-31-33(32-52-55(49,50)54-41-39(47)37(45)36(44)38(46)40(41)48)53-35(43)30-28-26-24-22-20-18-16-14-12-10-8-6-4-2/h7,9,13,15,33,36-41,44-48H,3-6,8,10-12,14,16-32H2,1-2H3,(H,49,50)/t33-,36?,37-,38?,39?,40?,41?/m1/s1. The Kier molecular flexibility index (Phi) is 30.2. The maximum absolute atomic E-state index is 12.8. The summed E-state index contributed by atoms with van der Waals surface area (Å²) in [5.74, 6) is -1.11. The normalized spacial score (nSPS) is 23.3. The van der Waals surface area contributed by atoms with Crippen LogP contribution in [0.3, 0.4) is 0 Å². The number of carbonyl (C=O) groups is 2. The maximum atomic E-state index is 12.8. The lowest BCUT2D eigenvalue weighted by molar-refractivity contribution is -0.220. The number of phosphoric ester groups is 1. The van der Waals surface area contributed by atoms with Crippen LogP contribution in [0.5, 0.6) is 0 Å². The summed E-state index contributed by atoms with van der Waals surface area (Å²) >= 11 is 0. The first-order chi connectivity index (χ1) is 26.4. The number of rotatable bonds is 34. The van der Waals surface area contributed by atoms with E-state index in [2.05, 4.69) is 38.2 Å². The highest BCUT2D eigenvalue weighted by molar-refractivity contribution is 7.47. The number of aliphatic hydroxyl groups excluding tert-OH is 5. The molecular formula is C41H75O13P. The zero-order chi connectivity index (χ0) is 40.7. The van der Waals surface area contributed by atoms with Gasteiger partial charge in [-0.3, -0.25) is 18.6 Å². The number of aliphatic hydroxyl groups is 5. The van der Waals surface area contributed by atoms with Gasteiger partial charge in [0.25, 0.3) is 0 Å². The summed E-state index contributed by atoms with van der Waals surface area (Å²) in [5, 5.41) is 50.0. The van der Waals surface area contributed by atoms with Gasteiger partial charge in [0.1, 0.15) is 43.2 Å². The minimum atomic E-state index is -5.11. The van der Waals surface area contributed by atoms with Crippen molar-refractivity contribution in [1.82, 2.24) is 0 Å². The molecule has 0 aromatic rings. The van der Waals surface area contributed by atoms with Crippen LogP contribution in [0, 0.1) is 0 Å². The summed E-state index contributed by atoms with van der Waals surface area (Å²) in [4.78, 5) is 35.5. The van der Waals surface area contributed by atoms with Gasteiger partial charge in [-0.1, -0.05) is 141 Å². The Morgan fingerprint density at radius 2 is 1.02 bits per heavy atom. The molecule has 6 N–H and O–H groups in total. The summed E-state index contributed by atoms with van der Waals surface area (Å²) in [6, 6.07) is 0. The van der Waals surface area contributed by atoms with E-state index in [-0.39, 0.29) is 12.8 Å². The van der Waals surface area contributed by atoms with Gasteiger partial charge in [0.2, 0.25) is 0 Å². The number of ether oxygens (including phenoxy) is 2. The average molecular weight is 807 g/mol. The van der Waals surface area contributed by atoms with Crippen LogP contribution in [-0.4, -0.2) is 98.3 Å². The van der Waals surface area contributed by atoms with E-state index < -0.39 is 75.7 Å². The van der Waals surface area contributed by atoms with Crippen LogP contribution in [0.25, 0.3) is 0 Å². The van der Waals surface area contributed by atoms with Crippen molar-refractivity contribution in [2.75, 3.05) is 13.2 Å². The monoisotopic (exact) mass is 806 g/mol. The van der Waals surface area contributed by atoms with Gasteiger partial charge in [-0.2, -0.15) is 0 Å². The molecule has 14 heteroatoms. The first kappa shape index (κ1) is 51.3. The number of hydrogen-bond donors (Lipinski definition) is 6. The molecule has 55 heavy (non-hydrogen) atoms. The van der Waals surface area contributed by atoms with Gasteiger partial charge >= 0.3 is 19.8 Å². The first-order valence-corrected chi connectivity index (χ1v) is 22.6. The predicted molar refractivity (Wildman–Crippen MR) is 212 cm³/mol. The highest BCUT2D eigenvalue weighted by Crippen LogP contribution is 2.47. The zero-order valence-corrected chi connectivity index (χ0v) is 34.6. The molecule has 1 saturated carbocycles. The van der Waals surface area contributed by atoms with Gasteiger partial charge in [0, 0.05) is 12.8 Å². The van der Waals surface area contributed by atoms with Crippen LogP contribution in [0.1, 0.15) is 168 Å². The molecule has 0 saturated heterocycles. The maximum Gasteiger partial charge on any atom is 0.472 e. The van der Waals surface area contributed by atoms with Crippen LogP contribution >= 0.6 is 7.82 Å². The highest BCUT2D eigenvalue weighted by atomic mass is 31.2. The summed E-state index contributed by atoms with van der Waals surface area (Å²) < 4.78 is 33.4. The fraction of sp³-hybridized carbons (Fsp3) is 0.854.